The minimum absolute atomic E-state index is 0.148. The van der Waals surface area contributed by atoms with Crippen LogP contribution in [-0.2, 0) is 9.53 Å². The average Bonchev–Trinajstić information content (AvgIpc) is 2.67. The topological polar surface area (TPSA) is 84.5 Å². The van der Waals surface area contributed by atoms with Crippen molar-refractivity contribution in [3.63, 3.8) is 0 Å². The van der Waals surface area contributed by atoms with E-state index in [4.69, 9.17) is 16.3 Å². The Bertz CT molecular complexity index is 830. The highest BCUT2D eigenvalue weighted by molar-refractivity contribution is 7.98. The minimum atomic E-state index is -1.30. The maximum atomic E-state index is 12.6. The Morgan fingerprint density at radius 1 is 1.15 bits per heavy atom. The number of carbonyl (C=O) groups is 3. The molecule has 0 aliphatic rings. The molecule has 0 bridgehead atoms. The van der Waals surface area contributed by atoms with Gasteiger partial charge in [0.25, 0.3) is 5.91 Å². The lowest BCUT2D eigenvalue weighted by molar-refractivity contribution is -0.129. The molecule has 2 N–H and O–H groups in total. The molecule has 0 aliphatic carbocycles. The van der Waals surface area contributed by atoms with E-state index in [2.05, 4.69) is 10.6 Å². The summed E-state index contributed by atoms with van der Waals surface area (Å²) >= 11 is 7.55. The highest BCUT2D eigenvalue weighted by atomic mass is 35.5. The molecular formula is C19H19ClN2O4S. The van der Waals surface area contributed by atoms with Crippen LogP contribution in [0.1, 0.15) is 28.9 Å². The van der Waals surface area contributed by atoms with Crippen LogP contribution in [0, 0.1) is 0 Å². The first-order chi connectivity index (χ1) is 13.0. The molecular weight excluding hydrogens is 388 g/mol. The zero-order valence-corrected chi connectivity index (χ0v) is 16.4. The molecule has 2 rings (SSSR count). The Balaban J connectivity index is 2.28. The van der Waals surface area contributed by atoms with Gasteiger partial charge < -0.3 is 10.1 Å². The molecule has 1 atom stereocenters. The molecule has 2 aromatic rings. The molecule has 0 aromatic heterocycles. The van der Waals surface area contributed by atoms with Crippen LogP contribution in [0.5, 0.6) is 0 Å². The predicted molar refractivity (Wildman–Crippen MR) is 105 cm³/mol. The van der Waals surface area contributed by atoms with Gasteiger partial charge in [-0.15, -0.1) is 11.8 Å². The van der Waals surface area contributed by atoms with Gasteiger partial charge >= 0.3 is 12.0 Å². The molecule has 0 unspecified atom stereocenters. The van der Waals surface area contributed by atoms with E-state index in [1.807, 2.05) is 6.26 Å². The Morgan fingerprint density at radius 2 is 1.85 bits per heavy atom. The van der Waals surface area contributed by atoms with E-state index in [0.29, 0.717) is 12.1 Å². The van der Waals surface area contributed by atoms with E-state index in [9.17, 15) is 14.4 Å². The SMILES string of the molecule is CCNC(=O)NC(=O)[C@@H](OC(=O)c1cc(SC)ccc1Cl)c1ccccc1. The Kier molecular flexibility index (Phi) is 7.69. The van der Waals surface area contributed by atoms with E-state index in [-0.39, 0.29) is 10.6 Å². The third-order valence-electron chi connectivity index (χ3n) is 3.53. The van der Waals surface area contributed by atoms with Crippen LogP contribution in [0.25, 0.3) is 0 Å². The third kappa shape index (κ3) is 5.74. The van der Waals surface area contributed by atoms with Crippen LogP contribution >= 0.6 is 23.4 Å². The number of thioether (sulfide) groups is 1. The maximum absolute atomic E-state index is 12.6. The molecule has 8 heteroatoms. The number of ether oxygens (including phenoxy) is 1. The number of carbonyl (C=O) groups excluding carboxylic acids is 3. The van der Waals surface area contributed by atoms with E-state index < -0.39 is 24.0 Å². The predicted octanol–water partition coefficient (Wildman–Crippen LogP) is 3.81. The van der Waals surface area contributed by atoms with E-state index >= 15 is 0 Å². The first-order valence-corrected chi connectivity index (χ1v) is 9.74. The number of urea groups is 1. The highest BCUT2D eigenvalue weighted by Crippen LogP contribution is 2.26. The smallest absolute Gasteiger partial charge is 0.340 e. The number of halogens is 1. The first kappa shape index (κ1) is 20.8. The van der Waals surface area contributed by atoms with Crippen molar-refractivity contribution in [2.75, 3.05) is 12.8 Å². The molecule has 6 nitrogen and oxygen atoms in total. The van der Waals surface area contributed by atoms with Gasteiger partial charge in [0.2, 0.25) is 6.10 Å². The summed E-state index contributed by atoms with van der Waals surface area (Å²) in [6.45, 7) is 2.07. The fraction of sp³-hybridized carbons (Fsp3) is 0.211. The third-order valence-corrected chi connectivity index (χ3v) is 4.59. The molecule has 0 radical (unpaired) electrons. The van der Waals surface area contributed by atoms with Gasteiger partial charge in [0.1, 0.15) is 0 Å². The van der Waals surface area contributed by atoms with Crippen LogP contribution < -0.4 is 10.6 Å². The lowest BCUT2D eigenvalue weighted by atomic mass is 10.1. The number of nitrogens with one attached hydrogen (secondary N) is 2. The maximum Gasteiger partial charge on any atom is 0.340 e. The molecule has 27 heavy (non-hydrogen) atoms. The van der Waals surface area contributed by atoms with Gasteiger partial charge in [0.05, 0.1) is 10.6 Å². The van der Waals surface area contributed by atoms with Crippen molar-refractivity contribution in [2.24, 2.45) is 0 Å². The minimum Gasteiger partial charge on any atom is -0.444 e. The molecule has 0 heterocycles. The summed E-state index contributed by atoms with van der Waals surface area (Å²) < 4.78 is 5.42. The molecule has 0 fully saturated rings. The van der Waals surface area contributed by atoms with Crippen LogP contribution in [0.3, 0.4) is 0 Å². The number of hydrogen-bond donors (Lipinski definition) is 2. The fourth-order valence-corrected chi connectivity index (χ4v) is 2.88. The summed E-state index contributed by atoms with van der Waals surface area (Å²) in [5.74, 6) is -1.51. The average molecular weight is 407 g/mol. The second-order valence-corrected chi connectivity index (χ2v) is 6.68. The molecule has 0 aliphatic heterocycles. The van der Waals surface area contributed by atoms with E-state index in [0.717, 1.165) is 4.90 Å². The standard InChI is InChI=1S/C19H19ClN2O4S/c1-3-21-19(25)22-17(23)16(12-7-5-4-6-8-12)26-18(24)14-11-13(27-2)9-10-15(14)20/h4-11,16H,3H2,1-2H3,(H2,21,22,23,25)/t16-/m0/s1. The van der Waals surface area contributed by atoms with Crippen molar-refractivity contribution < 1.29 is 19.1 Å². The summed E-state index contributed by atoms with van der Waals surface area (Å²) in [7, 11) is 0. The van der Waals surface area contributed by atoms with E-state index in [1.165, 1.54) is 11.8 Å². The summed E-state index contributed by atoms with van der Waals surface area (Å²) in [6.07, 6.45) is 0.570. The largest absolute Gasteiger partial charge is 0.444 e. The number of amides is 3. The molecule has 3 amide bonds. The molecule has 0 saturated heterocycles. The Morgan fingerprint density at radius 3 is 2.48 bits per heavy atom. The Hall–Kier alpha value is -2.51. The van der Waals surface area contributed by atoms with Crippen molar-refractivity contribution in [1.82, 2.24) is 10.6 Å². The molecule has 2 aromatic carbocycles. The zero-order valence-electron chi connectivity index (χ0n) is 14.8. The van der Waals surface area contributed by atoms with Gasteiger partial charge in [0.15, 0.2) is 0 Å². The van der Waals surface area contributed by atoms with Crippen LogP contribution in [0.4, 0.5) is 4.79 Å². The van der Waals surface area contributed by atoms with E-state index in [1.54, 1.807) is 55.5 Å². The number of hydrogen-bond acceptors (Lipinski definition) is 5. The number of imide groups is 1. The van der Waals surface area contributed by atoms with Crippen LogP contribution in [0.15, 0.2) is 53.4 Å². The summed E-state index contributed by atoms with van der Waals surface area (Å²) in [5, 5.41) is 4.84. The van der Waals surface area contributed by atoms with Crippen molar-refractivity contribution in [2.45, 2.75) is 17.9 Å². The van der Waals surface area contributed by atoms with Gasteiger partial charge in [-0.2, -0.15) is 0 Å². The number of rotatable bonds is 6. The van der Waals surface area contributed by atoms with Crippen LogP contribution in [-0.4, -0.2) is 30.7 Å². The summed E-state index contributed by atoms with van der Waals surface area (Å²) in [6, 6.07) is 12.7. The van der Waals surface area contributed by atoms with Crippen molar-refractivity contribution in [3.8, 4) is 0 Å². The second-order valence-electron chi connectivity index (χ2n) is 5.39. The highest BCUT2D eigenvalue weighted by Gasteiger charge is 2.28. The van der Waals surface area contributed by atoms with Gasteiger partial charge in [-0.1, -0.05) is 41.9 Å². The van der Waals surface area contributed by atoms with Gasteiger partial charge in [0, 0.05) is 17.0 Å². The molecule has 0 saturated carbocycles. The quantitative estimate of drug-likeness (QED) is 0.563. The normalized spacial score (nSPS) is 11.4. The molecule has 142 valence electrons. The zero-order chi connectivity index (χ0) is 19.8. The van der Waals surface area contributed by atoms with Crippen molar-refractivity contribution in [1.29, 1.82) is 0 Å². The molecule has 0 spiro atoms. The summed E-state index contributed by atoms with van der Waals surface area (Å²) in [5.41, 5.74) is 0.583. The first-order valence-electron chi connectivity index (χ1n) is 8.14. The van der Waals surface area contributed by atoms with Crippen LogP contribution in [0.2, 0.25) is 5.02 Å². The van der Waals surface area contributed by atoms with Crippen molar-refractivity contribution in [3.05, 3.63) is 64.7 Å². The monoisotopic (exact) mass is 406 g/mol. The van der Waals surface area contributed by atoms with Gasteiger partial charge in [-0.3, -0.25) is 10.1 Å². The number of esters is 1. The second kappa shape index (κ2) is 9.99. The Labute approximate surface area is 166 Å². The lowest BCUT2D eigenvalue weighted by Gasteiger charge is -2.18. The lowest BCUT2D eigenvalue weighted by Crippen LogP contribution is -2.42. The fourth-order valence-electron chi connectivity index (χ4n) is 2.24. The number of benzene rings is 2. The summed E-state index contributed by atoms with van der Waals surface area (Å²) in [4.78, 5) is 37.7. The van der Waals surface area contributed by atoms with Crippen molar-refractivity contribution >= 4 is 41.3 Å². The van der Waals surface area contributed by atoms with Gasteiger partial charge in [-0.05, 0) is 31.4 Å². The van der Waals surface area contributed by atoms with Gasteiger partial charge in [-0.25, -0.2) is 9.59 Å².